The highest BCUT2D eigenvalue weighted by atomic mass is 16.4. The van der Waals surface area contributed by atoms with E-state index in [2.05, 4.69) is 0 Å². The SMILES string of the molecule is CCN(C(=O)[C@@H]1C[C@@H]1C(=O)O)c1ccc(C)cc1. The summed E-state index contributed by atoms with van der Waals surface area (Å²) >= 11 is 0. The number of benzene rings is 1. The molecule has 1 amide bonds. The first-order valence-electron chi connectivity index (χ1n) is 6.15. The van der Waals surface area contributed by atoms with Crippen molar-refractivity contribution < 1.29 is 14.7 Å². The number of carbonyl (C=O) groups is 2. The first kappa shape index (κ1) is 12.6. The molecule has 0 unspecified atom stereocenters. The zero-order valence-corrected chi connectivity index (χ0v) is 10.6. The molecule has 96 valence electrons. The van der Waals surface area contributed by atoms with E-state index in [9.17, 15) is 9.59 Å². The van der Waals surface area contributed by atoms with Crippen LogP contribution in [0.25, 0.3) is 0 Å². The number of hydrogen-bond acceptors (Lipinski definition) is 2. The Labute approximate surface area is 106 Å². The van der Waals surface area contributed by atoms with Gasteiger partial charge in [0.2, 0.25) is 5.91 Å². The van der Waals surface area contributed by atoms with E-state index in [1.54, 1.807) is 4.90 Å². The van der Waals surface area contributed by atoms with Crippen LogP contribution in [-0.4, -0.2) is 23.5 Å². The molecule has 0 radical (unpaired) electrons. The van der Waals surface area contributed by atoms with E-state index in [-0.39, 0.29) is 11.8 Å². The fourth-order valence-corrected chi connectivity index (χ4v) is 2.13. The fraction of sp³-hybridized carbons (Fsp3) is 0.429. The van der Waals surface area contributed by atoms with Crippen LogP contribution in [0.3, 0.4) is 0 Å². The molecule has 1 saturated carbocycles. The van der Waals surface area contributed by atoms with Gasteiger partial charge in [0.05, 0.1) is 11.8 Å². The van der Waals surface area contributed by atoms with E-state index in [4.69, 9.17) is 5.11 Å². The van der Waals surface area contributed by atoms with Gasteiger partial charge < -0.3 is 10.0 Å². The zero-order chi connectivity index (χ0) is 13.3. The molecule has 2 atom stereocenters. The van der Waals surface area contributed by atoms with Gasteiger partial charge in [-0.3, -0.25) is 9.59 Å². The quantitative estimate of drug-likeness (QED) is 0.886. The third-order valence-electron chi connectivity index (χ3n) is 3.35. The molecule has 1 fully saturated rings. The summed E-state index contributed by atoms with van der Waals surface area (Å²) in [5.41, 5.74) is 1.97. The van der Waals surface area contributed by atoms with E-state index in [0.717, 1.165) is 11.3 Å². The van der Waals surface area contributed by atoms with Gasteiger partial charge in [0.15, 0.2) is 0 Å². The van der Waals surface area contributed by atoms with Crippen LogP contribution in [0, 0.1) is 18.8 Å². The van der Waals surface area contributed by atoms with Crippen molar-refractivity contribution in [3.8, 4) is 0 Å². The lowest BCUT2D eigenvalue weighted by Gasteiger charge is -2.21. The molecule has 1 aromatic carbocycles. The van der Waals surface area contributed by atoms with E-state index in [1.165, 1.54) is 0 Å². The third kappa shape index (κ3) is 2.37. The lowest BCUT2D eigenvalue weighted by Crippen LogP contribution is -2.32. The van der Waals surface area contributed by atoms with Gasteiger partial charge in [-0.15, -0.1) is 0 Å². The smallest absolute Gasteiger partial charge is 0.307 e. The van der Waals surface area contributed by atoms with E-state index < -0.39 is 11.9 Å². The number of aryl methyl sites for hydroxylation is 1. The second-order valence-electron chi connectivity index (χ2n) is 4.70. The molecule has 18 heavy (non-hydrogen) atoms. The minimum atomic E-state index is -0.867. The Bertz CT molecular complexity index is 466. The van der Waals surface area contributed by atoms with Crippen molar-refractivity contribution in [2.24, 2.45) is 11.8 Å². The van der Waals surface area contributed by atoms with Crippen molar-refractivity contribution in [2.45, 2.75) is 20.3 Å². The van der Waals surface area contributed by atoms with Crippen LogP contribution in [0.1, 0.15) is 18.9 Å². The molecule has 0 spiro atoms. The highest BCUT2D eigenvalue weighted by Gasteiger charge is 2.49. The number of rotatable bonds is 4. The van der Waals surface area contributed by atoms with Crippen molar-refractivity contribution >= 4 is 17.6 Å². The highest BCUT2D eigenvalue weighted by molar-refractivity contribution is 6.00. The number of carboxylic acid groups (broad SMARTS) is 1. The first-order chi connectivity index (χ1) is 8.54. The van der Waals surface area contributed by atoms with Crippen molar-refractivity contribution in [2.75, 3.05) is 11.4 Å². The summed E-state index contributed by atoms with van der Waals surface area (Å²) in [4.78, 5) is 24.7. The largest absolute Gasteiger partial charge is 0.481 e. The van der Waals surface area contributed by atoms with Gasteiger partial charge in [0.1, 0.15) is 0 Å². The van der Waals surface area contributed by atoms with Gasteiger partial charge in [-0.25, -0.2) is 0 Å². The lowest BCUT2D eigenvalue weighted by molar-refractivity contribution is -0.140. The molecule has 0 heterocycles. The van der Waals surface area contributed by atoms with Crippen LogP contribution in [0.2, 0.25) is 0 Å². The number of amides is 1. The zero-order valence-electron chi connectivity index (χ0n) is 10.6. The first-order valence-corrected chi connectivity index (χ1v) is 6.15. The molecule has 0 aliphatic heterocycles. The monoisotopic (exact) mass is 247 g/mol. The fourth-order valence-electron chi connectivity index (χ4n) is 2.13. The molecular weight excluding hydrogens is 230 g/mol. The topological polar surface area (TPSA) is 57.6 Å². The Morgan fingerprint density at radius 3 is 2.33 bits per heavy atom. The molecule has 1 aliphatic rings. The molecule has 2 rings (SSSR count). The minimum Gasteiger partial charge on any atom is -0.481 e. The number of aliphatic carboxylic acids is 1. The maximum absolute atomic E-state index is 12.2. The molecule has 0 aromatic heterocycles. The summed E-state index contributed by atoms with van der Waals surface area (Å²) in [6.07, 6.45) is 0.469. The summed E-state index contributed by atoms with van der Waals surface area (Å²) < 4.78 is 0. The molecule has 1 aromatic rings. The second kappa shape index (κ2) is 4.80. The summed E-state index contributed by atoms with van der Waals surface area (Å²) in [6.45, 7) is 4.45. The van der Waals surface area contributed by atoms with E-state index in [0.29, 0.717) is 13.0 Å². The van der Waals surface area contributed by atoms with Gasteiger partial charge in [-0.05, 0) is 32.4 Å². The van der Waals surface area contributed by atoms with E-state index in [1.807, 2.05) is 38.1 Å². The Balaban J connectivity index is 2.12. The van der Waals surface area contributed by atoms with Crippen LogP contribution in [0.15, 0.2) is 24.3 Å². The molecular formula is C14H17NO3. The maximum Gasteiger partial charge on any atom is 0.307 e. The van der Waals surface area contributed by atoms with Crippen LogP contribution in [0.5, 0.6) is 0 Å². The minimum absolute atomic E-state index is 0.0752. The second-order valence-corrected chi connectivity index (χ2v) is 4.70. The van der Waals surface area contributed by atoms with Crippen molar-refractivity contribution in [3.05, 3.63) is 29.8 Å². The Morgan fingerprint density at radius 1 is 1.28 bits per heavy atom. The van der Waals surface area contributed by atoms with Crippen molar-refractivity contribution in [1.82, 2.24) is 0 Å². The normalized spacial score (nSPS) is 21.4. The average Bonchev–Trinajstić information content (AvgIpc) is 3.12. The predicted molar refractivity (Wildman–Crippen MR) is 68.4 cm³/mol. The maximum atomic E-state index is 12.2. The summed E-state index contributed by atoms with van der Waals surface area (Å²) in [5.74, 6) is -1.78. The molecule has 0 bridgehead atoms. The average molecular weight is 247 g/mol. The summed E-state index contributed by atoms with van der Waals surface area (Å²) in [7, 11) is 0. The van der Waals surface area contributed by atoms with E-state index >= 15 is 0 Å². The summed E-state index contributed by atoms with van der Waals surface area (Å²) in [6, 6.07) is 7.70. The molecule has 4 nitrogen and oxygen atoms in total. The number of carboxylic acids is 1. The van der Waals surface area contributed by atoms with Crippen LogP contribution in [-0.2, 0) is 9.59 Å². The number of nitrogens with zero attached hydrogens (tertiary/aromatic N) is 1. The molecule has 4 heteroatoms. The van der Waals surface area contributed by atoms with Gasteiger partial charge in [0, 0.05) is 12.2 Å². The van der Waals surface area contributed by atoms with Crippen molar-refractivity contribution in [1.29, 1.82) is 0 Å². The summed E-state index contributed by atoms with van der Waals surface area (Å²) in [5, 5.41) is 8.86. The van der Waals surface area contributed by atoms with Gasteiger partial charge in [-0.2, -0.15) is 0 Å². The standard InChI is InChI=1S/C14H17NO3/c1-3-15(10-6-4-9(2)5-7-10)13(16)11-8-12(11)14(17)18/h4-7,11-12H,3,8H2,1-2H3,(H,17,18)/t11-,12+/m1/s1. The Morgan fingerprint density at radius 2 is 1.89 bits per heavy atom. The molecule has 1 aliphatic carbocycles. The highest BCUT2D eigenvalue weighted by Crippen LogP contribution is 2.40. The van der Waals surface area contributed by atoms with Gasteiger partial charge in [0.25, 0.3) is 0 Å². The molecule has 1 N–H and O–H groups in total. The number of hydrogen-bond donors (Lipinski definition) is 1. The third-order valence-corrected chi connectivity index (χ3v) is 3.35. The molecule has 0 saturated heterocycles. The predicted octanol–water partition coefficient (Wildman–Crippen LogP) is 2.07. The lowest BCUT2D eigenvalue weighted by atomic mass is 10.2. The number of carbonyl (C=O) groups excluding carboxylic acids is 1. The van der Waals surface area contributed by atoms with Gasteiger partial charge >= 0.3 is 5.97 Å². The van der Waals surface area contributed by atoms with Crippen LogP contribution >= 0.6 is 0 Å². The van der Waals surface area contributed by atoms with Gasteiger partial charge in [-0.1, -0.05) is 17.7 Å². The van der Waals surface area contributed by atoms with Crippen LogP contribution in [0.4, 0.5) is 5.69 Å². The number of anilines is 1. The van der Waals surface area contributed by atoms with Crippen molar-refractivity contribution in [3.63, 3.8) is 0 Å². The Kier molecular flexibility index (Phi) is 3.36. The van der Waals surface area contributed by atoms with Crippen LogP contribution < -0.4 is 4.90 Å². The Hall–Kier alpha value is -1.84.